The Morgan fingerprint density at radius 2 is 1.82 bits per heavy atom. The number of alkyl halides is 3. The molecule has 4 aromatic rings. The fourth-order valence-corrected chi connectivity index (χ4v) is 4.67. The van der Waals surface area contributed by atoms with Gasteiger partial charge >= 0.3 is 6.18 Å². The molecule has 2 aromatic carbocycles. The van der Waals surface area contributed by atoms with Crippen LogP contribution in [0.15, 0.2) is 55.0 Å². The first kappa shape index (κ1) is 27.5. The van der Waals surface area contributed by atoms with Gasteiger partial charge in [0.05, 0.1) is 17.1 Å². The van der Waals surface area contributed by atoms with E-state index in [1.165, 1.54) is 18.5 Å². The number of carbonyl (C=O) groups is 1. The number of hydrogen-bond donors (Lipinski definition) is 2. The van der Waals surface area contributed by atoms with Crippen LogP contribution in [0.2, 0.25) is 0 Å². The minimum Gasteiger partial charge on any atom is -0.339 e. The summed E-state index contributed by atoms with van der Waals surface area (Å²) >= 11 is 0. The zero-order chi connectivity index (χ0) is 28.3. The molecule has 0 spiro atoms. The lowest BCUT2D eigenvalue weighted by Crippen LogP contribution is -2.44. The van der Waals surface area contributed by atoms with Crippen molar-refractivity contribution < 1.29 is 18.0 Å². The molecule has 0 unspecified atom stereocenters. The lowest BCUT2D eigenvalue weighted by atomic mass is 10.1. The van der Waals surface area contributed by atoms with Crippen molar-refractivity contribution in [1.82, 2.24) is 29.5 Å². The Labute approximate surface area is 230 Å². The number of benzene rings is 2. The average Bonchev–Trinajstić information content (AvgIpc) is 3.35. The number of amides is 1. The van der Waals surface area contributed by atoms with Gasteiger partial charge < -0.3 is 20.4 Å². The number of likely N-dealkylation sites (N-methyl/N-ethyl adjacent to an activating group) is 1. The zero-order valence-corrected chi connectivity index (χ0v) is 22.4. The van der Waals surface area contributed by atoms with Crippen molar-refractivity contribution >= 4 is 34.1 Å². The van der Waals surface area contributed by atoms with Crippen LogP contribution in [-0.2, 0) is 12.7 Å². The number of aryl methyl sites for hydroxylation is 2. The second-order valence-electron chi connectivity index (χ2n) is 10.0. The summed E-state index contributed by atoms with van der Waals surface area (Å²) in [5.41, 5.74) is 1.78. The predicted molar refractivity (Wildman–Crippen MR) is 148 cm³/mol. The van der Waals surface area contributed by atoms with Crippen LogP contribution in [0.25, 0.3) is 11.0 Å². The molecule has 2 aromatic heterocycles. The van der Waals surface area contributed by atoms with Crippen LogP contribution in [0, 0.1) is 6.92 Å². The van der Waals surface area contributed by atoms with Crippen molar-refractivity contribution in [2.24, 2.45) is 0 Å². The van der Waals surface area contributed by atoms with E-state index < -0.39 is 17.6 Å². The molecule has 0 atom stereocenters. The van der Waals surface area contributed by atoms with E-state index in [0.29, 0.717) is 17.2 Å². The molecule has 1 amide bonds. The molecule has 0 radical (unpaired) electrons. The van der Waals surface area contributed by atoms with Crippen molar-refractivity contribution in [3.8, 4) is 0 Å². The minimum absolute atomic E-state index is 0.0811. The predicted octanol–water partition coefficient (Wildman–Crippen LogP) is 4.79. The number of carbonyl (C=O) groups excluding carboxylic acids is 1. The van der Waals surface area contributed by atoms with Gasteiger partial charge in [-0.3, -0.25) is 4.79 Å². The molecule has 9 nitrogen and oxygen atoms in total. The average molecular weight is 553 g/mol. The molecule has 1 fully saturated rings. The first-order valence-electron chi connectivity index (χ1n) is 13.1. The van der Waals surface area contributed by atoms with E-state index in [1.807, 2.05) is 17.7 Å². The highest BCUT2D eigenvalue weighted by atomic mass is 19.4. The Morgan fingerprint density at radius 1 is 1.02 bits per heavy atom. The lowest BCUT2D eigenvalue weighted by molar-refractivity contribution is -0.137. The van der Waals surface area contributed by atoms with E-state index in [2.05, 4.69) is 42.5 Å². The van der Waals surface area contributed by atoms with Gasteiger partial charge in [-0.15, -0.1) is 0 Å². The fourth-order valence-electron chi connectivity index (χ4n) is 4.67. The van der Waals surface area contributed by atoms with Crippen LogP contribution >= 0.6 is 0 Å². The van der Waals surface area contributed by atoms with Crippen molar-refractivity contribution in [3.63, 3.8) is 0 Å². The number of anilines is 3. The Hall–Kier alpha value is -4.03. The summed E-state index contributed by atoms with van der Waals surface area (Å²) in [7, 11) is 2.15. The second-order valence-corrected chi connectivity index (χ2v) is 10.0. The van der Waals surface area contributed by atoms with Gasteiger partial charge in [0.1, 0.15) is 12.1 Å². The number of halogens is 3. The summed E-state index contributed by atoms with van der Waals surface area (Å²) in [4.78, 5) is 26.4. The summed E-state index contributed by atoms with van der Waals surface area (Å²) in [6, 6.07) is 9.55. The van der Waals surface area contributed by atoms with Crippen molar-refractivity contribution in [3.05, 3.63) is 71.7 Å². The summed E-state index contributed by atoms with van der Waals surface area (Å²) in [6.45, 7) is 7.97. The number of piperazine rings is 1. The minimum atomic E-state index is -4.53. The van der Waals surface area contributed by atoms with Crippen LogP contribution in [0.4, 0.5) is 30.4 Å². The molecule has 210 valence electrons. The van der Waals surface area contributed by atoms with E-state index in [9.17, 15) is 18.0 Å². The molecule has 1 saturated heterocycles. The molecule has 1 aliphatic rings. The summed E-state index contributed by atoms with van der Waals surface area (Å²) < 4.78 is 41.1. The highest BCUT2D eigenvalue weighted by molar-refractivity contribution is 6.04. The Kier molecular flexibility index (Phi) is 7.99. The number of nitrogens with zero attached hydrogens (tertiary/aromatic N) is 6. The number of aromatic nitrogens is 4. The van der Waals surface area contributed by atoms with E-state index in [1.54, 1.807) is 18.3 Å². The largest absolute Gasteiger partial charge is 0.416 e. The van der Waals surface area contributed by atoms with Gasteiger partial charge in [-0.25, -0.2) is 14.6 Å². The topological polar surface area (TPSA) is 91.2 Å². The number of hydrogen-bond acceptors (Lipinski definition) is 7. The highest BCUT2D eigenvalue weighted by Crippen LogP contribution is 2.30. The summed E-state index contributed by atoms with van der Waals surface area (Å²) in [5.74, 6) is -0.0667. The summed E-state index contributed by atoms with van der Waals surface area (Å²) in [5, 5.41) is 11.3. The van der Waals surface area contributed by atoms with Crippen molar-refractivity contribution in [1.29, 1.82) is 0 Å². The van der Waals surface area contributed by atoms with Crippen LogP contribution < -0.4 is 10.6 Å². The quantitative estimate of drug-likeness (QED) is 0.325. The van der Waals surface area contributed by atoms with Gasteiger partial charge in [0, 0.05) is 56.2 Å². The SMILES string of the molecule is Cc1ccc(NC(=O)c2cccc(C(F)(F)F)c2)cc1Nc1ncnc2c1cnn2CCCN1CCN(C)CC1. The smallest absolute Gasteiger partial charge is 0.339 e. The molecular weight excluding hydrogens is 521 g/mol. The van der Waals surface area contributed by atoms with Crippen LogP contribution in [0.5, 0.6) is 0 Å². The van der Waals surface area contributed by atoms with Crippen LogP contribution in [0.1, 0.15) is 27.9 Å². The molecule has 0 bridgehead atoms. The maximum Gasteiger partial charge on any atom is 0.416 e. The summed E-state index contributed by atoms with van der Waals surface area (Å²) in [6.07, 6.45) is -0.349. The molecule has 0 aliphatic carbocycles. The van der Waals surface area contributed by atoms with Crippen LogP contribution in [-0.4, -0.2) is 75.2 Å². The Morgan fingerprint density at radius 3 is 2.60 bits per heavy atom. The van der Waals surface area contributed by atoms with Gasteiger partial charge in [0.2, 0.25) is 0 Å². The van der Waals surface area contributed by atoms with Crippen molar-refractivity contribution in [2.75, 3.05) is 50.4 Å². The maximum atomic E-state index is 13.1. The van der Waals surface area contributed by atoms with Gasteiger partial charge in [-0.2, -0.15) is 18.3 Å². The monoisotopic (exact) mass is 552 g/mol. The van der Waals surface area contributed by atoms with E-state index in [-0.39, 0.29) is 5.56 Å². The third-order valence-corrected chi connectivity index (χ3v) is 7.07. The van der Waals surface area contributed by atoms with Crippen molar-refractivity contribution in [2.45, 2.75) is 26.1 Å². The third-order valence-electron chi connectivity index (χ3n) is 7.07. The maximum absolute atomic E-state index is 13.1. The molecule has 3 heterocycles. The van der Waals surface area contributed by atoms with Gasteiger partial charge in [-0.1, -0.05) is 12.1 Å². The molecule has 2 N–H and O–H groups in total. The number of fused-ring (bicyclic) bond motifs is 1. The van der Waals surface area contributed by atoms with Crippen LogP contribution in [0.3, 0.4) is 0 Å². The lowest BCUT2D eigenvalue weighted by Gasteiger charge is -2.32. The standard InChI is InChI=1S/C28H31F3N8O/c1-19-7-8-22(35-27(40)20-5-3-6-21(15-20)28(29,30)31)16-24(19)36-25-23-17-34-39(26(23)33-18-32-25)10-4-9-38-13-11-37(2)12-14-38/h3,5-8,15-18H,4,9-14H2,1-2H3,(H,35,40)(H,32,33,36). The highest BCUT2D eigenvalue weighted by Gasteiger charge is 2.31. The third kappa shape index (κ3) is 6.40. The van der Waals surface area contributed by atoms with Gasteiger partial charge in [0.25, 0.3) is 5.91 Å². The van der Waals surface area contributed by atoms with E-state index in [4.69, 9.17) is 0 Å². The molecule has 40 heavy (non-hydrogen) atoms. The second kappa shape index (κ2) is 11.6. The zero-order valence-electron chi connectivity index (χ0n) is 22.4. The Bertz CT molecular complexity index is 1490. The Balaban J connectivity index is 1.27. The first-order valence-corrected chi connectivity index (χ1v) is 13.1. The normalized spacial score (nSPS) is 14.9. The van der Waals surface area contributed by atoms with Gasteiger partial charge in [0.15, 0.2) is 5.65 Å². The van der Waals surface area contributed by atoms with E-state index >= 15 is 0 Å². The molecule has 5 rings (SSSR count). The number of nitrogens with one attached hydrogen (secondary N) is 2. The fraction of sp³-hybridized carbons (Fsp3) is 0.357. The first-order chi connectivity index (χ1) is 19.2. The van der Waals surface area contributed by atoms with E-state index in [0.717, 1.165) is 74.4 Å². The van der Waals surface area contributed by atoms with Gasteiger partial charge in [-0.05, 0) is 56.3 Å². The molecule has 1 aliphatic heterocycles. The molecular formula is C28H31F3N8O. The molecule has 12 heteroatoms. The molecule has 0 saturated carbocycles. The number of rotatable bonds is 8.